The standard InChI is InChI=1S/C17H18ClN/c1-12-3-2-4-13(9-12)17-10-15(18)6-5-14(17)11-19-16-7-8-16/h2-6,9-10,16,19H,7-8,11H2,1H3. The first-order valence-electron chi connectivity index (χ1n) is 6.81. The van der Waals surface area contributed by atoms with Crippen molar-refractivity contribution in [2.45, 2.75) is 32.4 Å². The average molecular weight is 272 g/mol. The molecule has 0 heterocycles. The average Bonchev–Trinajstić information content (AvgIpc) is 3.21. The van der Waals surface area contributed by atoms with Gasteiger partial charge in [0.1, 0.15) is 0 Å². The fraction of sp³-hybridized carbons (Fsp3) is 0.294. The minimum absolute atomic E-state index is 0.723. The third-order valence-corrected chi connectivity index (χ3v) is 3.79. The lowest BCUT2D eigenvalue weighted by molar-refractivity contribution is 0.689. The number of aryl methyl sites for hydroxylation is 1. The number of halogens is 1. The summed E-state index contributed by atoms with van der Waals surface area (Å²) in [4.78, 5) is 0. The van der Waals surface area contributed by atoms with E-state index in [9.17, 15) is 0 Å². The van der Waals surface area contributed by atoms with Crippen LogP contribution in [-0.2, 0) is 6.54 Å². The Morgan fingerprint density at radius 2 is 2.00 bits per heavy atom. The Bertz CT molecular complexity index is 588. The van der Waals surface area contributed by atoms with Crippen LogP contribution in [0.25, 0.3) is 11.1 Å². The molecule has 2 aromatic carbocycles. The zero-order chi connectivity index (χ0) is 13.2. The molecular weight excluding hydrogens is 254 g/mol. The maximum atomic E-state index is 6.16. The summed E-state index contributed by atoms with van der Waals surface area (Å²) < 4.78 is 0. The molecule has 0 unspecified atom stereocenters. The van der Waals surface area contributed by atoms with Crippen LogP contribution in [0.4, 0.5) is 0 Å². The molecule has 0 spiro atoms. The van der Waals surface area contributed by atoms with Crippen LogP contribution < -0.4 is 5.32 Å². The van der Waals surface area contributed by atoms with Crippen LogP contribution in [0.2, 0.25) is 5.02 Å². The second-order valence-corrected chi connectivity index (χ2v) is 5.76. The molecule has 2 heteroatoms. The van der Waals surface area contributed by atoms with Crippen LogP contribution in [0.3, 0.4) is 0 Å². The molecule has 0 bridgehead atoms. The topological polar surface area (TPSA) is 12.0 Å². The Kier molecular flexibility index (Phi) is 3.58. The molecule has 0 atom stereocenters. The molecular formula is C17H18ClN. The second kappa shape index (κ2) is 5.36. The zero-order valence-corrected chi connectivity index (χ0v) is 11.9. The molecule has 3 rings (SSSR count). The van der Waals surface area contributed by atoms with Crippen molar-refractivity contribution in [3.63, 3.8) is 0 Å². The van der Waals surface area contributed by atoms with E-state index in [2.05, 4.69) is 48.6 Å². The fourth-order valence-corrected chi connectivity index (χ4v) is 2.50. The molecule has 1 N–H and O–H groups in total. The maximum absolute atomic E-state index is 6.16. The van der Waals surface area contributed by atoms with Crippen LogP contribution in [-0.4, -0.2) is 6.04 Å². The van der Waals surface area contributed by atoms with Gasteiger partial charge in [-0.1, -0.05) is 47.5 Å². The van der Waals surface area contributed by atoms with Crippen molar-refractivity contribution in [1.82, 2.24) is 5.32 Å². The number of hydrogen-bond acceptors (Lipinski definition) is 1. The molecule has 2 aromatic rings. The second-order valence-electron chi connectivity index (χ2n) is 5.33. The zero-order valence-electron chi connectivity index (χ0n) is 11.1. The van der Waals surface area contributed by atoms with Gasteiger partial charge in [0.2, 0.25) is 0 Å². The Morgan fingerprint density at radius 1 is 1.16 bits per heavy atom. The van der Waals surface area contributed by atoms with Crippen LogP contribution in [0.5, 0.6) is 0 Å². The first-order valence-corrected chi connectivity index (χ1v) is 7.19. The minimum atomic E-state index is 0.723. The van der Waals surface area contributed by atoms with E-state index >= 15 is 0 Å². The van der Waals surface area contributed by atoms with E-state index in [1.807, 2.05) is 6.07 Å². The summed E-state index contributed by atoms with van der Waals surface area (Å²) in [5.41, 5.74) is 5.08. The molecule has 0 aliphatic heterocycles. The number of hydrogen-bond donors (Lipinski definition) is 1. The van der Waals surface area contributed by atoms with Gasteiger partial charge in [-0.05, 0) is 48.6 Å². The van der Waals surface area contributed by atoms with Gasteiger partial charge >= 0.3 is 0 Å². The van der Waals surface area contributed by atoms with E-state index in [-0.39, 0.29) is 0 Å². The summed E-state index contributed by atoms with van der Waals surface area (Å²) in [5, 5.41) is 4.37. The third-order valence-electron chi connectivity index (χ3n) is 3.56. The van der Waals surface area contributed by atoms with Crippen LogP contribution in [0.1, 0.15) is 24.0 Å². The van der Waals surface area contributed by atoms with Crippen LogP contribution >= 0.6 is 11.6 Å². The highest BCUT2D eigenvalue weighted by Crippen LogP contribution is 2.28. The minimum Gasteiger partial charge on any atom is -0.310 e. The molecule has 1 aliphatic carbocycles. The van der Waals surface area contributed by atoms with Crippen LogP contribution in [0.15, 0.2) is 42.5 Å². The molecule has 0 saturated heterocycles. The van der Waals surface area contributed by atoms with E-state index in [1.54, 1.807) is 0 Å². The third kappa shape index (κ3) is 3.17. The highest BCUT2D eigenvalue weighted by Gasteiger charge is 2.20. The SMILES string of the molecule is Cc1cccc(-c2cc(Cl)ccc2CNC2CC2)c1. The van der Waals surface area contributed by atoms with Gasteiger partial charge < -0.3 is 5.32 Å². The summed E-state index contributed by atoms with van der Waals surface area (Å²) >= 11 is 6.16. The summed E-state index contributed by atoms with van der Waals surface area (Å²) in [6.45, 7) is 3.04. The molecule has 19 heavy (non-hydrogen) atoms. The molecule has 1 aliphatic rings. The Labute approximate surface area is 119 Å². The lowest BCUT2D eigenvalue weighted by Gasteiger charge is -2.12. The van der Waals surface area contributed by atoms with E-state index in [0.717, 1.165) is 17.6 Å². The molecule has 1 fully saturated rings. The van der Waals surface area contributed by atoms with Crippen molar-refractivity contribution in [3.8, 4) is 11.1 Å². The molecule has 0 aromatic heterocycles. The molecule has 0 radical (unpaired) electrons. The van der Waals surface area contributed by atoms with E-state index in [0.29, 0.717) is 0 Å². The predicted octanol–water partition coefficient (Wildman–Crippen LogP) is 4.57. The highest BCUT2D eigenvalue weighted by molar-refractivity contribution is 6.30. The summed E-state index contributed by atoms with van der Waals surface area (Å²) in [6, 6.07) is 15.5. The molecule has 98 valence electrons. The van der Waals surface area contributed by atoms with Gasteiger partial charge in [0.05, 0.1) is 0 Å². The summed E-state index contributed by atoms with van der Waals surface area (Å²) in [6.07, 6.45) is 2.63. The maximum Gasteiger partial charge on any atom is 0.0412 e. The lowest BCUT2D eigenvalue weighted by Crippen LogP contribution is -2.15. The van der Waals surface area contributed by atoms with Crippen LogP contribution in [0, 0.1) is 6.92 Å². The van der Waals surface area contributed by atoms with Crippen molar-refractivity contribution in [1.29, 1.82) is 0 Å². The van der Waals surface area contributed by atoms with E-state index < -0.39 is 0 Å². The Balaban J connectivity index is 1.94. The van der Waals surface area contributed by atoms with Gasteiger partial charge in [-0.25, -0.2) is 0 Å². The van der Waals surface area contributed by atoms with Gasteiger partial charge in [-0.3, -0.25) is 0 Å². The molecule has 1 saturated carbocycles. The first-order chi connectivity index (χ1) is 9.22. The first kappa shape index (κ1) is 12.7. The van der Waals surface area contributed by atoms with Gasteiger partial charge in [-0.2, -0.15) is 0 Å². The van der Waals surface area contributed by atoms with Crippen molar-refractivity contribution < 1.29 is 0 Å². The number of nitrogens with one attached hydrogen (secondary N) is 1. The smallest absolute Gasteiger partial charge is 0.0412 e. The fourth-order valence-electron chi connectivity index (χ4n) is 2.33. The number of benzene rings is 2. The van der Waals surface area contributed by atoms with E-state index in [1.165, 1.54) is 35.1 Å². The summed E-state index contributed by atoms with van der Waals surface area (Å²) in [5.74, 6) is 0. The summed E-state index contributed by atoms with van der Waals surface area (Å²) in [7, 11) is 0. The normalized spacial score (nSPS) is 14.6. The Morgan fingerprint density at radius 3 is 2.74 bits per heavy atom. The molecule has 0 amide bonds. The largest absolute Gasteiger partial charge is 0.310 e. The van der Waals surface area contributed by atoms with Crippen molar-refractivity contribution >= 4 is 11.6 Å². The van der Waals surface area contributed by atoms with E-state index in [4.69, 9.17) is 11.6 Å². The van der Waals surface area contributed by atoms with Crippen molar-refractivity contribution in [2.24, 2.45) is 0 Å². The lowest BCUT2D eigenvalue weighted by atomic mass is 9.98. The Hall–Kier alpha value is -1.31. The van der Waals surface area contributed by atoms with Crippen molar-refractivity contribution in [3.05, 3.63) is 58.6 Å². The van der Waals surface area contributed by atoms with Crippen molar-refractivity contribution in [2.75, 3.05) is 0 Å². The highest BCUT2D eigenvalue weighted by atomic mass is 35.5. The predicted molar refractivity (Wildman–Crippen MR) is 81.5 cm³/mol. The van der Waals surface area contributed by atoms with Gasteiger partial charge in [0.15, 0.2) is 0 Å². The quantitative estimate of drug-likeness (QED) is 0.859. The monoisotopic (exact) mass is 271 g/mol. The van der Waals surface area contributed by atoms with Gasteiger partial charge in [0.25, 0.3) is 0 Å². The number of rotatable bonds is 4. The van der Waals surface area contributed by atoms with Gasteiger partial charge in [-0.15, -0.1) is 0 Å². The van der Waals surface area contributed by atoms with Gasteiger partial charge in [0, 0.05) is 17.6 Å². The molecule has 1 nitrogen and oxygen atoms in total.